The van der Waals surface area contributed by atoms with Gasteiger partial charge in [0.1, 0.15) is 11.3 Å². The first-order valence-corrected chi connectivity index (χ1v) is 11.0. The van der Waals surface area contributed by atoms with Gasteiger partial charge in [0.25, 0.3) is 11.8 Å². The maximum absolute atomic E-state index is 13.0. The number of rotatable bonds is 7. The van der Waals surface area contributed by atoms with E-state index in [1.807, 2.05) is 30.3 Å². The Kier molecular flexibility index (Phi) is 6.50. The lowest BCUT2D eigenvalue weighted by Crippen LogP contribution is -2.48. The Balaban J connectivity index is 1.56. The van der Waals surface area contributed by atoms with Gasteiger partial charge in [-0.15, -0.1) is 0 Å². The van der Waals surface area contributed by atoms with Gasteiger partial charge in [0, 0.05) is 30.5 Å². The molecule has 2 aromatic carbocycles. The van der Waals surface area contributed by atoms with Crippen LogP contribution in [0.3, 0.4) is 0 Å². The highest BCUT2D eigenvalue weighted by atomic mass is 16.5. The number of amides is 2. The predicted molar refractivity (Wildman–Crippen MR) is 127 cm³/mol. The molecule has 0 atom stereocenters. The normalized spacial score (nSPS) is 14.8. The molecule has 0 aliphatic carbocycles. The van der Waals surface area contributed by atoms with Crippen molar-refractivity contribution in [3.05, 3.63) is 71.9 Å². The number of piperidine rings is 1. The minimum absolute atomic E-state index is 0.0714. The van der Waals surface area contributed by atoms with Crippen LogP contribution in [0.4, 0.5) is 11.5 Å². The fourth-order valence-electron chi connectivity index (χ4n) is 4.22. The summed E-state index contributed by atoms with van der Waals surface area (Å²) in [5.74, 6) is 0.349. The van der Waals surface area contributed by atoms with Gasteiger partial charge in [-0.05, 0) is 49.2 Å². The van der Waals surface area contributed by atoms with Crippen molar-refractivity contribution in [2.45, 2.75) is 24.8 Å². The number of hydrogen-bond acceptors (Lipinski definition) is 6. The molecule has 9 heteroatoms. The zero-order valence-electron chi connectivity index (χ0n) is 18.9. The third kappa shape index (κ3) is 4.57. The number of ether oxygens (including phenoxy) is 1. The van der Waals surface area contributed by atoms with E-state index in [2.05, 4.69) is 16.5 Å². The van der Waals surface area contributed by atoms with Gasteiger partial charge in [-0.1, -0.05) is 18.2 Å². The average molecular weight is 459 g/mol. The van der Waals surface area contributed by atoms with Crippen molar-refractivity contribution in [2.24, 2.45) is 5.73 Å². The largest absolute Gasteiger partial charge is 0.497 e. The number of nitrogens with one attached hydrogen (secondary N) is 1. The Morgan fingerprint density at radius 3 is 2.41 bits per heavy atom. The van der Waals surface area contributed by atoms with Gasteiger partial charge >= 0.3 is 0 Å². The molecule has 1 aliphatic heterocycles. The van der Waals surface area contributed by atoms with Crippen LogP contribution < -0.4 is 15.8 Å². The van der Waals surface area contributed by atoms with E-state index in [-0.39, 0.29) is 17.9 Å². The predicted octanol–water partition coefficient (Wildman–Crippen LogP) is 3.28. The second-order valence-electron chi connectivity index (χ2n) is 8.27. The molecule has 2 amide bonds. The minimum atomic E-state index is -0.647. The molecular weight excluding hydrogens is 432 g/mol. The van der Waals surface area contributed by atoms with E-state index in [1.54, 1.807) is 47.2 Å². The molecule has 0 saturated carbocycles. The van der Waals surface area contributed by atoms with Crippen molar-refractivity contribution in [1.82, 2.24) is 14.7 Å². The molecule has 34 heavy (non-hydrogen) atoms. The summed E-state index contributed by atoms with van der Waals surface area (Å²) in [4.78, 5) is 26.9. The summed E-state index contributed by atoms with van der Waals surface area (Å²) in [7, 11) is 1.58. The number of aromatic nitrogens is 2. The van der Waals surface area contributed by atoms with Crippen LogP contribution in [-0.4, -0.2) is 46.7 Å². The van der Waals surface area contributed by atoms with E-state index in [0.29, 0.717) is 43.1 Å². The molecule has 4 rings (SSSR count). The number of primary amides is 1. The second-order valence-corrected chi connectivity index (χ2v) is 8.27. The smallest absolute Gasteiger partial charge is 0.254 e. The zero-order chi connectivity index (χ0) is 24.1. The average Bonchev–Trinajstić information content (AvgIpc) is 3.30. The molecule has 1 aromatic heterocycles. The van der Waals surface area contributed by atoms with Crippen LogP contribution in [0.5, 0.6) is 5.75 Å². The molecule has 0 spiro atoms. The molecule has 0 radical (unpaired) electrons. The topological polar surface area (TPSA) is 126 Å². The molecule has 1 saturated heterocycles. The monoisotopic (exact) mass is 458 g/mol. The number of nitrogens with two attached hydrogens (primary N) is 1. The molecular formula is C25H26N6O3. The van der Waals surface area contributed by atoms with E-state index >= 15 is 0 Å². The molecule has 2 heterocycles. The molecule has 0 bridgehead atoms. The van der Waals surface area contributed by atoms with Crippen LogP contribution in [0.1, 0.15) is 40.0 Å². The SMILES string of the molecule is COc1ccc(C(=O)N2CCC(CC#N)(n3cc(C(N)=O)c(Nc4ccccc4)n3)CC2)cc1. The van der Waals surface area contributed by atoms with Gasteiger partial charge in [0.2, 0.25) is 0 Å². The summed E-state index contributed by atoms with van der Waals surface area (Å²) in [6.07, 6.45) is 2.84. The number of nitriles is 1. The standard InChI is InChI=1S/C25H26N6O3/c1-34-20-9-7-18(8-10-20)24(33)30-15-12-25(11-14-26,13-16-30)31-17-21(22(27)32)23(29-31)28-19-5-3-2-4-6-19/h2-10,17H,11-13,15-16H2,1H3,(H2,27,32)(H,28,29). The van der Waals surface area contributed by atoms with Crippen molar-refractivity contribution < 1.29 is 14.3 Å². The highest BCUT2D eigenvalue weighted by Crippen LogP contribution is 2.35. The van der Waals surface area contributed by atoms with Gasteiger partial charge in [0.15, 0.2) is 5.82 Å². The molecule has 0 unspecified atom stereocenters. The zero-order valence-corrected chi connectivity index (χ0v) is 18.9. The Hall–Kier alpha value is -4.32. The van der Waals surface area contributed by atoms with Gasteiger partial charge in [-0.25, -0.2) is 0 Å². The molecule has 1 aliphatic rings. The van der Waals surface area contributed by atoms with Crippen molar-refractivity contribution >= 4 is 23.3 Å². The van der Waals surface area contributed by atoms with Crippen LogP contribution >= 0.6 is 0 Å². The van der Waals surface area contributed by atoms with Crippen LogP contribution in [0.25, 0.3) is 0 Å². The van der Waals surface area contributed by atoms with Gasteiger partial charge in [0.05, 0.1) is 25.1 Å². The first-order valence-electron chi connectivity index (χ1n) is 11.0. The number of hydrogen-bond donors (Lipinski definition) is 2. The lowest BCUT2D eigenvalue weighted by molar-refractivity contribution is 0.0579. The fourth-order valence-corrected chi connectivity index (χ4v) is 4.22. The van der Waals surface area contributed by atoms with Gasteiger partial charge in [-0.3, -0.25) is 14.3 Å². The third-order valence-electron chi connectivity index (χ3n) is 6.23. The molecule has 174 valence electrons. The summed E-state index contributed by atoms with van der Waals surface area (Å²) in [6.45, 7) is 0.916. The Morgan fingerprint density at radius 1 is 1.15 bits per heavy atom. The minimum Gasteiger partial charge on any atom is -0.497 e. The Bertz CT molecular complexity index is 1210. The Labute approximate surface area is 197 Å². The molecule has 3 N–H and O–H groups in total. The van der Waals surface area contributed by atoms with Crippen LogP contribution in [0.2, 0.25) is 0 Å². The summed E-state index contributed by atoms with van der Waals surface area (Å²) in [5, 5.41) is 17.3. The van der Waals surface area contributed by atoms with Crippen molar-refractivity contribution in [3.63, 3.8) is 0 Å². The summed E-state index contributed by atoms with van der Waals surface area (Å²) < 4.78 is 6.84. The Morgan fingerprint density at radius 2 is 1.82 bits per heavy atom. The number of likely N-dealkylation sites (tertiary alicyclic amines) is 1. The maximum Gasteiger partial charge on any atom is 0.254 e. The van der Waals surface area contributed by atoms with Crippen molar-refractivity contribution in [1.29, 1.82) is 5.26 Å². The van der Waals surface area contributed by atoms with Crippen molar-refractivity contribution in [2.75, 3.05) is 25.5 Å². The number of anilines is 2. The van der Waals surface area contributed by atoms with Crippen LogP contribution in [0.15, 0.2) is 60.8 Å². The lowest BCUT2D eigenvalue weighted by atomic mass is 9.84. The first-order chi connectivity index (χ1) is 16.5. The maximum atomic E-state index is 13.0. The third-order valence-corrected chi connectivity index (χ3v) is 6.23. The number of carbonyl (C=O) groups is 2. The second kappa shape index (κ2) is 9.67. The number of nitrogens with zero attached hydrogens (tertiary/aromatic N) is 4. The highest BCUT2D eigenvalue weighted by molar-refractivity contribution is 5.98. The van der Waals surface area contributed by atoms with Crippen LogP contribution in [-0.2, 0) is 5.54 Å². The van der Waals surface area contributed by atoms with Crippen LogP contribution in [0, 0.1) is 11.3 Å². The van der Waals surface area contributed by atoms with E-state index in [0.717, 1.165) is 5.69 Å². The van der Waals surface area contributed by atoms with Gasteiger partial charge in [-0.2, -0.15) is 10.4 Å². The number of para-hydroxylation sites is 1. The first kappa shape index (κ1) is 22.9. The van der Waals surface area contributed by atoms with E-state index < -0.39 is 11.4 Å². The lowest BCUT2D eigenvalue weighted by Gasteiger charge is -2.40. The number of benzene rings is 2. The van der Waals surface area contributed by atoms with Crippen molar-refractivity contribution in [3.8, 4) is 11.8 Å². The summed E-state index contributed by atoms with van der Waals surface area (Å²) in [6, 6.07) is 18.6. The van der Waals surface area contributed by atoms with E-state index in [9.17, 15) is 14.9 Å². The molecule has 9 nitrogen and oxygen atoms in total. The number of carbonyl (C=O) groups excluding carboxylic acids is 2. The van der Waals surface area contributed by atoms with Gasteiger partial charge < -0.3 is 20.7 Å². The number of methoxy groups -OCH3 is 1. The summed E-state index contributed by atoms with van der Waals surface area (Å²) in [5.41, 5.74) is 6.57. The summed E-state index contributed by atoms with van der Waals surface area (Å²) >= 11 is 0. The van der Waals surface area contributed by atoms with E-state index in [4.69, 9.17) is 10.5 Å². The quantitative estimate of drug-likeness (QED) is 0.560. The molecule has 1 fully saturated rings. The fraction of sp³-hybridized carbons (Fsp3) is 0.280. The molecule has 3 aromatic rings. The highest BCUT2D eigenvalue weighted by Gasteiger charge is 2.39. The van der Waals surface area contributed by atoms with E-state index in [1.165, 1.54) is 0 Å².